The number of carboxylic acid groups (broad SMARTS) is 1. The van der Waals surface area contributed by atoms with Gasteiger partial charge in [-0.3, -0.25) is 4.79 Å². The number of hydrogen-bond donors (Lipinski definition) is 1. The standard InChI is InChI=1S/C24H29N.C6H10.C2H6.CH2O2/c1-4-6-11-20-14-16-22(17-15-20)25-19(3)18-23(24(25)10-5-2)21-12-8-7-9-13-21;1-3-5-6-4-2;1-2;2-1-3/h7-9,12-18H,4-6,10-11H2,1-3H3;3-6H,1-2H3;1-2H3;1H,(H,2,3)/b;5-3-,6-4-;;. The molecule has 0 spiro atoms. The monoisotopic (exact) mass is 489 g/mol. The number of allylic oxidation sites excluding steroid dienone is 4. The van der Waals surface area contributed by atoms with E-state index in [4.69, 9.17) is 9.90 Å². The molecule has 0 unspecified atom stereocenters. The van der Waals surface area contributed by atoms with Crippen LogP contribution in [0.4, 0.5) is 0 Å². The molecular weight excluding hydrogens is 442 g/mol. The Labute approximate surface area is 220 Å². The molecule has 1 heterocycles. The lowest BCUT2D eigenvalue weighted by Crippen LogP contribution is -2.03. The van der Waals surface area contributed by atoms with Crippen molar-refractivity contribution in [1.29, 1.82) is 0 Å². The third-order valence-electron chi connectivity index (χ3n) is 5.37. The van der Waals surface area contributed by atoms with Gasteiger partial charge in [-0.1, -0.05) is 107 Å². The van der Waals surface area contributed by atoms with Crippen LogP contribution >= 0.6 is 0 Å². The minimum Gasteiger partial charge on any atom is -0.483 e. The number of rotatable bonds is 8. The fourth-order valence-corrected chi connectivity index (χ4v) is 3.82. The van der Waals surface area contributed by atoms with E-state index in [1.807, 2.05) is 52.0 Å². The molecule has 3 aromatic rings. The van der Waals surface area contributed by atoms with Gasteiger partial charge in [0.2, 0.25) is 0 Å². The van der Waals surface area contributed by atoms with E-state index in [1.54, 1.807) is 0 Å². The molecule has 3 heteroatoms. The maximum atomic E-state index is 8.36. The molecule has 0 aliphatic rings. The highest BCUT2D eigenvalue weighted by Gasteiger charge is 2.15. The smallest absolute Gasteiger partial charge is 0.290 e. The van der Waals surface area contributed by atoms with E-state index >= 15 is 0 Å². The van der Waals surface area contributed by atoms with Crippen LogP contribution in [0.3, 0.4) is 0 Å². The molecule has 3 rings (SSSR count). The van der Waals surface area contributed by atoms with E-state index in [0.717, 1.165) is 12.8 Å². The van der Waals surface area contributed by atoms with Gasteiger partial charge in [0.25, 0.3) is 6.47 Å². The first-order chi connectivity index (χ1) is 17.6. The van der Waals surface area contributed by atoms with Crippen molar-refractivity contribution in [3.63, 3.8) is 0 Å². The van der Waals surface area contributed by atoms with Crippen molar-refractivity contribution >= 4 is 6.47 Å². The van der Waals surface area contributed by atoms with Crippen LogP contribution < -0.4 is 0 Å². The van der Waals surface area contributed by atoms with Crippen LogP contribution in [0.5, 0.6) is 0 Å². The number of hydrogen-bond acceptors (Lipinski definition) is 1. The Morgan fingerprint density at radius 3 is 1.86 bits per heavy atom. The van der Waals surface area contributed by atoms with Crippen LogP contribution in [0.15, 0.2) is 85.0 Å². The molecule has 2 aromatic carbocycles. The van der Waals surface area contributed by atoms with Gasteiger partial charge < -0.3 is 9.67 Å². The van der Waals surface area contributed by atoms with E-state index in [-0.39, 0.29) is 6.47 Å². The van der Waals surface area contributed by atoms with Crippen LogP contribution in [0.25, 0.3) is 16.8 Å². The maximum Gasteiger partial charge on any atom is 0.290 e. The Balaban J connectivity index is 0.000000949. The first-order valence-corrected chi connectivity index (χ1v) is 13.3. The summed E-state index contributed by atoms with van der Waals surface area (Å²) >= 11 is 0. The second-order valence-corrected chi connectivity index (χ2v) is 8.02. The van der Waals surface area contributed by atoms with Gasteiger partial charge >= 0.3 is 0 Å². The molecule has 196 valence electrons. The Bertz CT molecular complexity index is 986. The summed E-state index contributed by atoms with van der Waals surface area (Å²) in [6.07, 6.45) is 13.9. The number of nitrogens with zero attached hydrogens (tertiary/aromatic N) is 1. The highest BCUT2D eigenvalue weighted by Crippen LogP contribution is 2.31. The second-order valence-electron chi connectivity index (χ2n) is 8.02. The zero-order valence-electron chi connectivity index (χ0n) is 23.5. The van der Waals surface area contributed by atoms with E-state index in [0.29, 0.717) is 0 Å². The van der Waals surface area contributed by atoms with Crippen molar-refractivity contribution < 1.29 is 9.90 Å². The topological polar surface area (TPSA) is 42.2 Å². The molecule has 0 atom stereocenters. The fourth-order valence-electron chi connectivity index (χ4n) is 3.82. The lowest BCUT2D eigenvalue weighted by Gasteiger charge is -2.14. The molecule has 3 nitrogen and oxygen atoms in total. The molecule has 0 fully saturated rings. The van der Waals surface area contributed by atoms with Gasteiger partial charge in [0.1, 0.15) is 0 Å². The largest absolute Gasteiger partial charge is 0.483 e. The second kappa shape index (κ2) is 21.0. The summed E-state index contributed by atoms with van der Waals surface area (Å²) in [6.45, 7) is 14.5. The normalized spacial score (nSPS) is 10.1. The number of benzene rings is 2. The lowest BCUT2D eigenvalue weighted by atomic mass is 10.0. The maximum absolute atomic E-state index is 8.36. The zero-order valence-corrected chi connectivity index (χ0v) is 23.5. The first-order valence-electron chi connectivity index (χ1n) is 13.3. The minimum atomic E-state index is -0.250. The summed E-state index contributed by atoms with van der Waals surface area (Å²) in [5.74, 6) is 0. The Kier molecular flexibility index (Phi) is 19.1. The zero-order chi connectivity index (χ0) is 27.2. The van der Waals surface area contributed by atoms with Gasteiger partial charge in [-0.25, -0.2) is 0 Å². The molecule has 0 saturated carbocycles. The molecule has 0 saturated heterocycles. The van der Waals surface area contributed by atoms with Crippen LogP contribution in [0.1, 0.15) is 77.8 Å². The average Bonchev–Trinajstić information content (AvgIpc) is 3.25. The quantitative estimate of drug-likeness (QED) is 0.253. The van der Waals surface area contributed by atoms with Crippen molar-refractivity contribution in [2.75, 3.05) is 0 Å². The average molecular weight is 490 g/mol. The summed E-state index contributed by atoms with van der Waals surface area (Å²) in [5.41, 5.74) is 8.14. The fraction of sp³-hybridized carbons (Fsp3) is 0.364. The van der Waals surface area contributed by atoms with E-state index in [2.05, 4.69) is 86.0 Å². The van der Waals surface area contributed by atoms with Crippen LogP contribution in [-0.4, -0.2) is 16.1 Å². The molecule has 0 amide bonds. The summed E-state index contributed by atoms with van der Waals surface area (Å²) in [6, 6.07) is 22.3. The summed E-state index contributed by atoms with van der Waals surface area (Å²) in [7, 11) is 0. The minimum absolute atomic E-state index is 0.250. The molecular formula is C33H47NO2. The predicted octanol–water partition coefficient (Wildman–Crippen LogP) is 9.61. The summed E-state index contributed by atoms with van der Waals surface area (Å²) in [4.78, 5) is 8.36. The third kappa shape index (κ3) is 11.4. The highest BCUT2D eigenvalue weighted by atomic mass is 16.3. The Morgan fingerprint density at radius 2 is 1.39 bits per heavy atom. The molecule has 1 N–H and O–H groups in total. The van der Waals surface area contributed by atoms with Crippen molar-refractivity contribution in [2.45, 2.75) is 80.6 Å². The van der Waals surface area contributed by atoms with Gasteiger partial charge in [-0.2, -0.15) is 0 Å². The van der Waals surface area contributed by atoms with Crippen LogP contribution in [-0.2, 0) is 17.6 Å². The van der Waals surface area contributed by atoms with Gasteiger partial charge in [0.15, 0.2) is 0 Å². The summed E-state index contributed by atoms with van der Waals surface area (Å²) < 4.78 is 2.44. The Hall–Kier alpha value is -3.33. The number of unbranched alkanes of at least 4 members (excludes halogenated alkanes) is 1. The van der Waals surface area contributed by atoms with Gasteiger partial charge in [0.05, 0.1) is 0 Å². The number of aromatic nitrogens is 1. The van der Waals surface area contributed by atoms with Crippen molar-refractivity contribution in [3.8, 4) is 16.8 Å². The van der Waals surface area contributed by atoms with E-state index in [1.165, 1.54) is 53.0 Å². The molecule has 0 radical (unpaired) electrons. The van der Waals surface area contributed by atoms with Gasteiger partial charge in [0, 0.05) is 22.6 Å². The van der Waals surface area contributed by atoms with Gasteiger partial charge in [-0.15, -0.1) is 0 Å². The number of carbonyl (C=O) groups is 1. The summed E-state index contributed by atoms with van der Waals surface area (Å²) in [5, 5.41) is 6.89. The molecule has 1 aromatic heterocycles. The SMILES string of the molecule is C/C=C\C=C/C.CC.CCCCc1ccc(-n2c(C)cc(-c3ccccc3)c2CCC)cc1.O=CO. The number of aryl methyl sites for hydroxylation is 2. The molecule has 0 aliphatic carbocycles. The van der Waals surface area contributed by atoms with Crippen molar-refractivity contribution in [2.24, 2.45) is 0 Å². The van der Waals surface area contributed by atoms with Crippen LogP contribution in [0.2, 0.25) is 0 Å². The highest BCUT2D eigenvalue weighted by molar-refractivity contribution is 5.69. The first kappa shape index (κ1) is 32.7. The van der Waals surface area contributed by atoms with E-state index in [9.17, 15) is 0 Å². The molecule has 0 aliphatic heterocycles. The Morgan fingerprint density at radius 1 is 0.833 bits per heavy atom. The molecule has 36 heavy (non-hydrogen) atoms. The predicted molar refractivity (Wildman–Crippen MR) is 158 cm³/mol. The van der Waals surface area contributed by atoms with Crippen molar-refractivity contribution in [3.05, 3.63) is 102 Å². The van der Waals surface area contributed by atoms with Crippen molar-refractivity contribution in [1.82, 2.24) is 4.57 Å². The van der Waals surface area contributed by atoms with Gasteiger partial charge in [-0.05, 0) is 69.4 Å². The van der Waals surface area contributed by atoms with E-state index < -0.39 is 0 Å². The lowest BCUT2D eigenvalue weighted by molar-refractivity contribution is -0.122. The van der Waals surface area contributed by atoms with Crippen LogP contribution in [0, 0.1) is 6.92 Å². The third-order valence-corrected chi connectivity index (χ3v) is 5.37. The molecule has 0 bridgehead atoms.